The molecule has 0 unspecified atom stereocenters. The van der Waals surface area contributed by atoms with Gasteiger partial charge in [-0.25, -0.2) is 0 Å². The molecule has 0 bridgehead atoms. The van der Waals surface area contributed by atoms with Crippen LogP contribution in [0.3, 0.4) is 0 Å². The van der Waals surface area contributed by atoms with Gasteiger partial charge in [0.25, 0.3) is 0 Å². The normalized spacial score (nSPS) is 10.7. The maximum atomic E-state index is 12.1. The van der Waals surface area contributed by atoms with Gasteiger partial charge in [-0.1, -0.05) is 38.3 Å². The number of rotatable bonds is 6. The Morgan fingerprint density at radius 1 is 1.33 bits per heavy atom. The zero-order chi connectivity index (χ0) is 13.5. The number of carbonyl (C=O) groups is 1. The second-order valence-electron chi connectivity index (χ2n) is 4.43. The first-order valence-corrected chi connectivity index (χ1v) is 6.75. The monoisotopic (exact) mass is 269 g/mol. The highest BCUT2D eigenvalue weighted by molar-refractivity contribution is 6.32. The minimum atomic E-state index is 0.0216. The number of hydrogen-bond acceptors (Lipinski definition) is 2. The summed E-state index contributed by atoms with van der Waals surface area (Å²) >= 11 is 5.80. The minimum Gasteiger partial charge on any atom is -0.506 e. The Morgan fingerprint density at radius 2 is 1.94 bits per heavy atom. The minimum absolute atomic E-state index is 0.0216. The van der Waals surface area contributed by atoms with Crippen LogP contribution in [0.2, 0.25) is 5.02 Å². The van der Waals surface area contributed by atoms with Crippen LogP contribution in [-0.2, 0) is 4.79 Å². The SMILES string of the molecule is CCCC(CCC)C(=O)Nc1ccc(O)c(Cl)c1. The summed E-state index contributed by atoms with van der Waals surface area (Å²) in [5.74, 6) is 0.0985. The molecule has 1 rings (SSSR count). The van der Waals surface area contributed by atoms with E-state index >= 15 is 0 Å². The molecule has 3 nitrogen and oxygen atoms in total. The molecule has 0 saturated heterocycles. The highest BCUT2D eigenvalue weighted by atomic mass is 35.5. The molecule has 0 heterocycles. The molecule has 0 aliphatic rings. The van der Waals surface area contributed by atoms with Gasteiger partial charge in [0.1, 0.15) is 5.75 Å². The van der Waals surface area contributed by atoms with Crippen molar-refractivity contribution >= 4 is 23.2 Å². The van der Waals surface area contributed by atoms with Crippen molar-refractivity contribution in [3.05, 3.63) is 23.2 Å². The van der Waals surface area contributed by atoms with E-state index in [0.717, 1.165) is 25.7 Å². The van der Waals surface area contributed by atoms with Gasteiger partial charge in [-0.2, -0.15) is 0 Å². The zero-order valence-electron chi connectivity index (χ0n) is 10.9. The van der Waals surface area contributed by atoms with E-state index in [1.165, 1.54) is 6.07 Å². The van der Waals surface area contributed by atoms with Gasteiger partial charge in [-0.3, -0.25) is 4.79 Å². The van der Waals surface area contributed by atoms with E-state index in [4.69, 9.17) is 11.6 Å². The quantitative estimate of drug-likeness (QED) is 0.761. The summed E-state index contributed by atoms with van der Waals surface area (Å²) in [6.45, 7) is 4.15. The molecule has 0 radical (unpaired) electrons. The number of anilines is 1. The van der Waals surface area contributed by atoms with E-state index in [1.54, 1.807) is 12.1 Å². The summed E-state index contributed by atoms with van der Waals surface area (Å²) in [6, 6.07) is 4.68. The fraction of sp³-hybridized carbons (Fsp3) is 0.500. The predicted octanol–water partition coefficient (Wildman–Crippen LogP) is 4.20. The Balaban J connectivity index is 2.69. The van der Waals surface area contributed by atoms with Crippen LogP contribution in [0, 0.1) is 5.92 Å². The predicted molar refractivity (Wildman–Crippen MR) is 75.1 cm³/mol. The van der Waals surface area contributed by atoms with Crippen molar-refractivity contribution in [3.63, 3.8) is 0 Å². The van der Waals surface area contributed by atoms with E-state index in [2.05, 4.69) is 19.2 Å². The molecule has 0 aliphatic heterocycles. The average molecular weight is 270 g/mol. The van der Waals surface area contributed by atoms with Crippen molar-refractivity contribution in [2.75, 3.05) is 5.32 Å². The molecular formula is C14H20ClNO2. The summed E-state index contributed by atoms with van der Waals surface area (Å²) in [7, 11) is 0. The Bertz CT molecular complexity index is 401. The lowest BCUT2D eigenvalue weighted by Crippen LogP contribution is -2.22. The van der Waals surface area contributed by atoms with Gasteiger partial charge in [0.15, 0.2) is 0 Å². The summed E-state index contributed by atoms with van der Waals surface area (Å²) in [4.78, 5) is 12.1. The molecule has 0 aliphatic carbocycles. The maximum Gasteiger partial charge on any atom is 0.227 e. The summed E-state index contributed by atoms with van der Waals surface area (Å²) in [5, 5.41) is 12.4. The molecule has 0 fully saturated rings. The van der Waals surface area contributed by atoms with Gasteiger partial charge in [-0.15, -0.1) is 0 Å². The number of halogens is 1. The van der Waals surface area contributed by atoms with Crippen molar-refractivity contribution in [1.82, 2.24) is 0 Å². The molecular weight excluding hydrogens is 250 g/mol. The third-order valence-electron chi connectivity index (χ3n) is 2.86. The van der Waals surface area contributed by atoms with E-state index in [-0.39, 0.29) is 22.6 Å². The number of nitrogens with one attached hydrogen (secondary N) is 1. The van der Waals surface area contributed by atoms with E-state index in [0.29, 0.717) is 5.69 Å². The fourth-order valence-electron chi connectivity index (χ4n) is 1.93. The van der Waals surface area contributed by atoms with Crippen LogP contribution in [0.25, 0.3) is 0 Å². The third-order valence-corrected chi connectivity index (χ3v) is 3.16. The smallest absolute Gasteiger partial charge is 0.227 e. The molecule has 1 aromatic rings. The lowest BCUT2D eigenvalue weighted by atomic mass is 9.97. The number of amides is 1. The molecule has 18 heavy (non-hydrogen) atoms. The van der Waals surface area contributed by atoms with Crippen molar-refractivity contribution in [2.45, 2.75) is 39.5 Å². The molecule has 0 atom stereocenters. The first kappa shape index (κ1) is 14.8. The van der Waals surface area contributed by atoms with Crippen LogP contribution in [0.4, 0.5) is 5.69 Å². The topological polar surface area (TPSA) is 49.3 Å². The molecule has 0 saturated carbocycles. The lowest BCUT2D eigenvalue weighted by molar-refractivity contribution is -0.120. The molecule has 1 amide bonds. The molecule has 1 aromatic carbocycles. The summed E-state index contributed by atoms with van der Waals surface area (Å²) < 4.78 is 0. The van der Waals surface area contributed by atoms with Crippen molar-refractivity contribution in [1.29, 1.82) is 0 Å². The Labute approximate surface area is 113 Å². The largest absolute Gasteiger partial charge is 0.506 e. The van der Waals surface area contributed by atoms with Crippen molar-refractivity contribution in [3.8, 4) is 5.75 Å². The summed E-state index contributed by atoms with van der Waals surface area (Å²) in [5.41, 5.74) is 0.625. The lowest BCUT2D eigenvalue weighted by Gasteiger charge is -2.15. The molecule has 4 heteroatoms. The Kier molecular flexibility index (Phi) is 5.99. The number of hydrogen-bond donors (Lipinski definition) is 2. The zero-order valence-corrected chi connectivity index (χ0v) is 11.6. The van der Waals surface area contributed by atoms with Gasteiger partial charge in [0.05, 0.1) is 5.02 Å². The Morgan fingerprint density at radius 3 is 2.44 bits per heavy atom. The van der Waals surface area contributed by atoms with Crippen molar-refractivity contribution < 1.29 is 9.90 Å². The number of phenolic OH excluding ortho intramolecular Hbond substituents is 1. The van der Waals surface area contributed by atoms with Crippen LogP contribution < -0.4 is 5.32 Å². The van der Waals surface area contributed by atoms with Crippen LogP contribution in [0.1, 0.15) is 39.5 Å². The second kappa shape index (κ2) is 7.27. The molecule has 2 N–H and O–H groups in total. The van der Waals surface area contributed by atoms with Crippen LogP contribution in [0.15, 0.2) is 18.2 Å². The number of phenols is 1. The molecule has 0 spiro atoms. The molecule has 0 aromatic heterocycles. The average Bonchev–Trinajstić information content (AvgIpc) is 2.33. The Hall–Kier alpha value is -1.22. The number of benzene rings is 1. The van der Waals surface area contributed by atoms with E-state index in [9.17, 15) is 9.90 Å². The third kappa shape index (κ3) is 4.22. The van der Waals surface area contributed by atoms with Crippen LogP contribution >= 0.6 is 11.6 Å². The highest BCUT2D eigenvalue weighted by Gasteiger charge is 2.16. The highest BCUT2D eigenvalue weighted by Crippen LogP contribution is 2.26. The summed E-state index contributed by atoms with van der Waals surface area (Å²) in [6.07, 6.45) is 3.78. The van der Waals surface area contributed by atoms with Crippen LogP contribution in [-0.4, -0.2) is 11.0 Å². The van der Waals surface area contributed by atoms with Crippen LogP contribution in [0.5, 0.6) is 5.75 Å². The van der Waals surface area contributed by atoms with E-state index in [1.807, 2.05) is 0 Å². The van der Waals surface area contributed by atoms with Crippen molar-refractivity contribution in [2.24, 2.45) is 5.92 Å². The van der Waals surface area contributed by atoms with Gasteiger partial charge in [0.2, 0.25) is 5.91 Å². The number of aromatic hydroxyl groups is 1. The molecule has 100 valence electrons. The van der Waals surface area contributed by atoms with Gasteiger partial charge in [-0.05, 0) is 31.0 Å². The van der Waals surface area contributed by atoms with Gasteiger partial charge >= 0.3 is 0 Å². The number of carbonyl (C=O) groups excluding carboxylic acids is 1. The first-order chi connectivity index (χ1) is 8.58. The fourth-order valence-corrected chi connectivity index (χ4v) is 2.11. The maximum absolute atomic E-state index is 12.1. The standard InChI is InChI=1S/C14H20ClNO2/c1-3-5-10(6-4-2)14(18)16-11-7-8-13(17)12(15)9-11/h7-10,17H,3-6H2,1-2H3,(H,16,18). The van der Waals surface area contributed by atoms with E-state index < -0.39 is 0 Å². The first-order valence-electron chi connectivity index (χ1n) is 6.37. The van der Waals surface area contributed by atoms with Gasteiger partial charge < -0.3 is 10.4 Å². The van der Waals surface area contributed by atoms with Gasteiger partial charge in [0, 0.05) is 11.6 Å². The second-order valence-corrected chi connectivity index (χ2v) is 4.84.